The molecule has 0 saturated carbocycles. The molecule has 2 N–H and O–H groups in total. The third kappa shape index (κ3) is 1.67. The van der Waals surface area contributed by atoms with Gasteiger partial charge in [0.15, 0.2) is 0 Å². The Bertz CT molecular complexity index is 446. The van der Waals surface area contributed by atoms with Gasteiger partial charge >= 0.3 is 0 Å². The van der Waals surface area contributed by atoms with Gasteiger partial charge in [-0.05, 0) is 24.3 Å². The van der Waals surface area contributed by atoms with E-state index in [9.17, 15) is 0 Å². The number of nitrogens with two attached hydrogens (primary N) is 1. The van der Waals surface area contributed by atoms with E-state index in [0.717, 1.165) is 11.3 Å². The predicted octanol–water partition coefficient (Wildman–Crippen LogP) is 2.11. The Hall–Kier alpha value is -1.61. The van der Waals surface area contributed by atoms with Gasteiger partial charge in [0.05, 0.1) is 0 Å². The van der Waals surface area contributed by atoms with Gasteiger partial charge in [0.2, 0.25) is 0 Å². The van der Waals surface area contributed by atoms with Crippen molar-refractivity contribution in [1.82, 2.24) is 4.57 Å². The monoisotopic (exact) mass is 202 g/mol. The van der Waals surface area contributed by atoms with Crippen LogP contribution in [0.5, 0.6) is 0 Å². The molecule has 2 rings (SSSR count). The zero-order chi connectivity index (χ0) is 9.97. The molecular formula is C11H10N2S. The fraction of sp³-hybridized carbons (Fsp3) is 0. The first-order chi connectivity index (χ1) is 6.77. The first-order valence-electron chi connectivity index (χ1n) is 4.30. The minimum atomic E-state index is 0.430. The van der Waals surface area contributed by atoms with E-state index in [1.807, 2.05) is 53.4 Å². The van der Waals surface area contributed by atoms with Crippen molar-refractivity contribution in [2.75, 3.05) is 0 Å². The van der Waals surface area contributed by atoms with E-state index in [2.05, 4.69) is 0 Å². The van der Waals surface area contributed by atoms with Crippen molar-refractivity contribution >= 4 is 17.2 Å². The van der Waals surface area contributed by atoms with Gasteiger partial charge in [-0.2, -0.15) is 0 Å². The van der Waals surface area contributed by atoms with E-state index in [1.165, 1.54) is 0 Å². The van der Waals surface area contributed by atoms with Gasteiger partial charge in [-0.25, -0.2) is 0 Å². The number of rotatable bonds is 2. The Morgan fingerprint density at radius 2 is 1.86 bits per heavy atom. The van der Waals surface area contributed by atoms with Crippen LogP contribution in [0.25, 0.3) is 5.69 Å². The summed E-state index contributed by atoms with van der Waals surface area (Å²) in [6.45, 7) is 0. The lowest BCUT2D eigenvalue weighted by Gasteiger charge is -2.04. The minimum absolute atomic E-state index is 0.430. The molecule has 0 fully saturated rings. The first kappa shape index (κ1) is 8.97. The van der Waals surface area contributed by atoms with Crippen molar-refractivity contribution in [1.29, 1.82) is 0 Å². The lowest BCUT2D eigenvalue weighted by molar-refractivity contribution is 1.08. The molecule has 70 valence electrons. The summed E-state index contributed by atoms with van der Waals surface area (Å²) in [5, 5.41) is 0. The summed E-state index contributed by atoms with van der Waals surface area (Å²) in [6.07, 6.45) is 3.97. The maximum atomic E-state index is 5.56. The number of hydrogen-bond donors (Lipinski definition) is 1. The van der Waals surface area contributed by atoms with Crippen LogP contribution in [0.2, 0.25) is 0 Å². The fourth-order valence-electron chi connectivity index (χ4n) is 1.33. The Balaban J connectivity index is 2.46. The van der Waals surface area contributed by atoms with Crippen LogP contribution in [0.1, 0.15) is 5.56 Å². The molecule has 0 radical (unpaired) electrons. The smallest absolute Gasteiger partial charge is 0.104 e. The average Bonchev–Trinajstić information content (AvgIpc) is 2.71. The summed E-state index contributed by atoms with van der Waals surface area (Å²) in [4.78, 5) is 0.430. The predicted molar refractivity (Wildman–Crippen MR) is 61.7 cm³/mol. The molecule has 0 amide bonds. The SMILES string of the molecule is NC(=S)c1cccc(-n2cccc2)c1. The summed E-state index contributed by atoms with van der Waals surface area (Å²) in [7, 11) is 0. The molecule has 2 nitrogen and oxygen atoms in total. The van der Waals surface area contributed by atoms with Crippen LogP contribution in [0.4, 0.5) is 0 Å². The molecule has 0 spiro atoms. The van der Waals surface area contributed by atoms with E-state index in [-0.39, 0.29) is 0 Å². The summed E-state index contributed by atoms with van der Waals surface area (Å²) in [5.41, 5.74) is 7.52. The van der Waals surface area contributed by atoms with Crippen molar-refractivity contribution in [2.45, 2.75) is 0 Å². The number of nitrogens with zero attached hydrogens (tertiary/aromatic N) is 1. The van der Waals surface area contributed by atoms with Gasteiger partial charge in [0.25, 0.3) is 0 Å². The normalized spacial score (nSPS) is 10.0. The second-order valence-corrected chi connectivity index (χ2v) is 3.44. The van der Waals surface area contributed by atoms with Crippen LogP contribution >= 0.6 is 12.2 Å². The molecule has 0 atom stereocenters. The third-order valence-corrected chi connectivity index (χ3v) is 2.27. The van der Waals surface area contributed by atoms with Gasteiger partial charge in [-0.1, -0.05) is 24.4 Å². The zero-order valence-electron chi connectivity index (χ0n) is 7.55. The lowest BCUT2D eigenvalue weighted by atomic mass is 10.2. The quantitative estimate of drug-likeness (QED) is 0.756. The molecule has 0 aliphatic rings. The van der Waals surface area contributed by atoms with Crippen LogP contribution in [-0.2, 0) is 0 Å². The minimum Gasteiger partial charge on any atom is -0.389 e. The summed E-state index contributed by atoms with van der Waals surface area (Å²) >= 11 is 4.92. The molecule has 14 heavy (non-hydrogen) atoms. The fourth-order valence-corrected chi connectivity index (χ4v) is 1.45. The van der Waals surface area contributed by atoms with Crippen molar-refractivity contribution < 1.29 is 0 Å². The van der Waals surface area contributed by atoms with Crippen molar-refractivity contribution in [3.63, 3.8) is 0 Å². The molecule has 3 heteroatoms. The molecule has 0 aliphatic heterocycles. The van der Waals surface area contributed by atoms with E-state index >= 15 is 0 Å². The number of thiocarbonyl (C=S) groups is 1. The van der Waals surface area contributed by atoms with Crippen molar-refractivity contribution in [2.24, 2.45) is 5.73 Å². The largest absolute Gasteiger partial charge is 0.389 e. The highest BCUT2D eigenvalue weighted by molar-refractivity contribution is 7.80. The highest BCUT2D eigenvalue weighted by atomic mass is 32.1. The van der Waals surface area contributed by atoms with E-state index < -0.39 is 0 Å². The van der Waals surface area contributed by atoms with Crippen LogP contribution < -0.4 is 5.73 Å². The Morgan fingerprint density at radius 1 is 1.14 bits per heavy atom. The van der Waals surface area contributed by atoms with Crippen LogP contribution in [0, 0.1) is 0 Å². The third-order valence-electron chi connectivity index (χ3n) is 2.03. The molecule has 0 unspecified atom stereocenters. The highest BCUT2D eigenvalue weighted by Gasteiger charge is 1.98. The molecule has 0 saturated heterocycles. The second kappa shape index (κ2) is 3.64. The topological polar surface area (TPSA) is 30.9 Å². The van der Waals surface area contributed by atoms with E-state index in [1.54, 1.807) is 0 Å². The van der Waals surface area contributed by atoms with Crippen molar-refractivity contribution in [3.8, 4) is 5.69 Å². The summed E-state index contributed by atoms with van der Waals surface area (Å²) < 4.78 is 2.02. The lowest BCUT2D eigenvalue weighted by Crippen LogP contribution is -2.09. The molecule has 1 heterocycles. The molecule has 0 bridgehead atoms. The number of benzene rings is 1. The van der Waals surface area contributed by atoms with E-state index in [4.69, 9.17) is 18.0 Å². The van der Waals surface area contributed by atoms with Gasteiger partial charge in [0, 0.05) is 23.6 Å². The van der Waals surface area contributed by atoms with Crippen LogP contribution in [-0.4, -0.2) is 9.56 Å². The molecule has 0 aliphatic carbocycles. The molecule has 1 aromatic heterocycles. The average molecular weight is 202 g/mol. The molecule has 1 aromatic carbocycles. The summed E-state index contributed by atoms with van der Waals surface area (Å²) in [6, 6.07) is 11.8. The van der Waals surface area contributed by atoms with E-state index in [0.29, 0.717) is 4.99 Å². The number of aromatic nitrogens is 1. The maximum absolute atomic E-state index is 5.56. The molecule has 2 aromatic rings. The molecular weight excluding hydrogens is 192 g/mol. The zero-order valence-corrected chi connectivity index (χ0v) is 8.37. The van der Waals surface area contributed by atoms with Gasteiger partial charge in [-0.3, -0.25) is 0 Å². The van der Waals surface area contributed by atoms with Gasteiger partial charge < -0.3 is 10.3 Å². The van der Waals surface area contributed by atoms with Crippen molar-refractivity contribution in [3.05, 3.63) is 54.4 Å². The second-order valence-electron chi connectivity index (χ2n) is 3.00. The Labute approximate surface area is 88.0 Å². The first-order valence-corrected chi connectivity index (χ1v) is 4.71. The Morgan fingerprint density at radius 3 is 2.50 bits per heavy atom. The van der Waals surface area contributed by atoms with Crippen LogP contribution in [0.3, 0.4) is 0 Å². The van der Waals surface area contributed by atoms with Crippen LogP contribution in [0.15, 0.2) is 48.8 Å². The van der Waals surface area contributed by atoms with Gasteiger partial charge in [0.1, 0.15) is 4.99 Å². The summed E-state index contributed by atoms with van der Waals surface area (Å²) in [5.74, 6) is 0. The highest BCUT2D eigenvalue weighted by Crippen LogP contribution is 2.10. The Kier molecular flexibility index (Phi) is 2.33. The number of hydrogen-bond acceptors (Lipinski definition) is 1. The van der Waals surface area contributed by atoms with Gasteiger partial charge in [-0.15, -0.1) is 0 Å². The standard InChI is InChI=1S/C11H10N2S/c12-11(14)9-4-3-5-10(8-9)13-6-1-2-7-13/h1-8H,(H2,12,14). The maximum Gasteiger partial charge on any atom is 0.104 e.